The highest BCUT2D eigenvalue weighted by Crippen LogP contribution is 1.95. The Morgan fingerprint density at radius 3 is 0.842 bits per heavy atom. The first-order valence-corrected chi connectivity index (χ1v) is 21.8. The second-order valence-electron chi connectivity index (χ2n) is 14.5. The van der Waals surface area contributed by atoms with Gasteiger partial charge in [0.15, 0.2) is 6.29 Å². The van der Waals surface area contributed by atoms with E-state index in [1.54, 1.807) is 6.92 Å². The molecule has 0 aliphatic rings. The van der Waals surface area contributed by atoms with Crippen LogP contribution in [0.4, 0.5) is 0 Å². The predicted molar refractivity (Wildman–Crippen MR) is 254 cm³/mol. The summed E-state index contributed by atoms with van der Waals surface area (Å²) in [6, 6.07) is 0. The molecule has 0 amide bonds. The summed E-state index contributed by atoms with van der Waals surface area (Å²) in [6.07, 6.45) is 1.01. The number of nitrogens with zero attached hydrogens (tertiary/aromatic N) is 5. The smallest absolute Gasteiger partial charge is 0.317 e. The largest absolute Gasteiger partial charge is 0.480 e. The number of carbonyl (C=O) groups is 13. The fourth-order valence-electron chi connectivity index (χ4n) is 4.39. The molecule has 0 bridgehead atoms. The van der Waals surface area contributed by atoms with Crippen molar-refractivity contribution in [2.24, 2.45) is 0 Å². The van der Waals surface area contributed by atoms with Crippen LogP contribution in [-0.4, -0.2) is 322 Å². The third-order valence-corrected chi connectivity index (χ3v) is 7.07. The molecule has 0 aromatic carbocycles. The van der Waals surface area contributed by atoms with Gasteiger partial charge in [0.05, 0.1) is 91.7 Å². The van der Waals surface area contributed by atoms with Crippen molar-refractivity contribution in [2.75, 3.05) is 131 Å². The molecule has 76 heavy (non-hydrogen) atoms. The molecule has 0 radical (unpaired) electrons. The van der Waals surface area contributed by atoms with Gasteiger partial charge < -0.3 is 87.0 Å². The van der Waals surface area contributed by atoms with E-state index in [0.29, 0.717) is 19.6 Å². The Bertz CT molecular complexity index is 1570. The second-order valence-corrected chi connectivity index (χ2v) is 14.5. The molecule has 0 aromatic heterocycles. The Labute approximate surface area is 434 Å². The number of hydrogen-bond acceptors (Lipinski definition) is 23. The maximum atomic E-state index is 10.3. The van der Waals surface area contributed by atoms with Crippen molar-refractivity contribution in [3.63, 3.8) is 0 Å². The van der Waals surface area contributed by atoms with Gasteiger partial charge in [-0.25, -0.2) is 0 Å². The van der Waals surface area contributed by atoms with Crippen LogP contribution >= 0.6 is 0 Å². The molecule has 0 rings (SSSR count). The molecule has 0 atom stereocenters. The summed E-state index contributed by atoms with van der Waals surface area (Å²) in [7, 11) is 1.43. The SMILES string of the molecule is CCCCN(CC(=O)O)CC(=O)O.CCCN(CC(=O)O)CC(=O)O.CCN(CC(=O)O)CC(=O)O.CN(CC(=O)O)CC(=O)O.O=C(O)CN(CCO)CC(=O)O.O=C(O)CNCC(=O)O.O=C(O)CNCC(O)O. The molecule has 0 aromatic rings. The van der Waals surface area contributed by atoms with E-state index in [0.717, 1.165) is 24.2 Å². The van der Waals surface area contributed by atoms with Crippen LogP contribution < -0.4 is 10.6 Å². The van der Waals surface area contributed by atoms with Crippen LogP contribution in [0.25, 0.3) is 0 Å². The summed E-state index contributed by atoms with van der Waals surface area (Å²) in [6.45, 7) is 3.33. The molecular formula is C40H75N7O29. The number of aliphatic carboxylic acids is 13. The van der Waals surface area contributed by atoms with Gasteiger partial charge in [0.25, 0.3) is 0 Å². The summed E-state index contributed by atoms with van der Waals surface area (Å²) < 4.78 is 0. The van der Waals surface area contributed by atoms with Gasteiger partial charge in [-0.15, -0.1) is 0 Å². The Balaban J connectivity index is -0.000000147. The van der Waals surface area contributed by atoms with Crippen molar-refractivity contribution in [1.82, 2.24) is 35.1 Å². The quantitative estimate of drug-likeness (QED) is 0.0260. The zero-order valence-electron chi connectivity index (χ0n) is 42.3. The summed E-state index contributed by atoms with van der Waals surface area (Å²) >= 11 is 0. The van der Waals surface area contributed by atoms with Gasteiger partial charge in [-0.05, 0) is 39.5 Å². The molecular weight excluding hydrogens is 1040 g/mol. The molecule has 36 heteroatoms. The lowest BCUT2D eigenvalue weighted by molar-refractivity contribution is -0.143. The predicted octanol–water partition coefficient (Wildman–Crippen LogP) is -6.14. The minimum atomic E-state index is -1.48. The minimum absolute atomic E-state index is 0.0542. The number of rotatable bonds is 36. The fraction of sp³-hybridized carbons (Fsp3) is 0.675. The van der Waals surface area contributed by atoms with E-state index in [9.17, 15) is 62.3 Å². The lowest BCUT2D eigenvalue weighted by atomic mass is 10.3. The third-order valence-electron chi connectivity index (χ3n) is 7.07. The Morgan fingerprint density at radius 2 is 0.618 bits per heavy atom. The van der Waals surface area contributed by atoms with Crippen LogP contribution in [0.3, 0.4) is 0 Å². The van der Waals surface area contributed by atoms with Crippen LogP contribution in [0, 0.1) is 0 Å². The molecule has 36 nitrogen and oxygen atoms in total. The highest BCUT2D eigenvalue weighted by Gasteiger charge is 2.14. The van der Waals surface area contributed by atoms with Gasteiger partial charge in [0.2, 0.25) is 0 Å². The van der Waals surface area contributed by atoms with Gasteiger partial charge >= 0.3 is 77.6 Å². The van der Waals surface area contributed by atoms with Gasteiger partial charge in [0, 0.05) is 13.1 Å². The zero-order valence-corrected chi connectivity index (χ0v) is 42.3. The number of carboxylic acid groups (broad SMARTS) is 13. The van der Waals surface area contributed by atoms with Crippen LogP contribution in [0.1, 0.15) is 40.0 Å². The molecule has 0 fully saturated rings. The van der Waals surface area contributed by atoms with Gasteiger partial charge in [-0.2, -0.15) is 0 Å². The van der Waals surface area contributed by atoms with E-state index in [-0.39, 0.29) is 105 Å². The van der Waals surface area contributed by atoms with Crippen molar-refractivity contribution in [2.45, 2.75) is 46.3 Å². The van der Waals surface area contributed by atoms with E-state index in [1.165, 1.54) is 26.6 Å². The van der Waals surface area contributed by atoms with Crippen LogP contribution in [-0.2, 0) is 62.3 Å². The molecule has 444 valence electrons. The van der Waals surface area contributed by atoms with Crippen molar-refractivity contribution < 1.29 is 144 Å². The second kappa shape index (κ2) is 55.5. The van der Waals surface area contributed by atoms with Gasteiger partial charge in [-0.3, -0.25) is 92.1 Å². The van der Waals surface area contributed by atoms with Crippen LogP contribution in [0.15, 0.2) is 0 Å². The maximum Gasteiger partial charge on any atom is 0.317 e. The highest BCUT2D eigenvalue weighted by atomic mass is 16.5. The van der Waals surface area contributed by atoms with E-state index >= 15 is 0 Å². The molecule has 0 saturated carbocycles. The Morgan fingerprint density at radius 1 is 0.355 bits per heavy atom. The summed E-state index contributed by atoms with van der Waals surface area (Å²) in [5.74, 6) is -13.4. The van der Waals surface area contributed by atoms with Crippen LogP contribution in [0.5, 0.6) is 0 Å². The topological polar surface area (TPSA) is 586 Å². The monoisotopic (exact) mass is 1120 g/mol. The van der Waals surface area contributed by atoms with Gasteiger partial charge in [-0.1, -0.05) is 27.2 Å². The van der Waals surface area contributed by atoms with Gasteiger partial charge in [0.1, 0.15) is 0 Å². The first-order chi connectivity index (χ1) is 35.0. The highest BCUT2D eigenvalue weighted by molar-refractivity contribution is 5.75. The summed E-state index contributed by atoms with van der Waals surface area (Å²) in [4.78, 5) is 137. The van der Waals surface area contributed by atoms with E-state index in [1.807, 2.05) is 13.8 Å². The van der Waals surface area contributed by atoms with Crippen molar-refractivity contribution in [3.8, 4) is 0 Å². The Kier molecular flexibility index (Phi) is 60.4. The van der Waals surface area contributed by atoms with Crippen molar-refractivity contribution >= 4 is 77.6 Å². The minimum Gasteiger partial charge on any atom is -0.480 e. The number of aliphatic hydroxyl groups is 3. The standard InChI is InChI=1S/C8H15NO4.C7H13NO4.C6H11NO5.C6H11NO4.C5H9NO4.C4H9NO4.C4H7NO4/c1-2-3-4-9(5-7(10)11)6-8(12)13;1-2-3-8(4-6(9)10)5-7(11)12;8-2-1-7(3-5(9)10)4-6(11)12;1-2-7(3-5(8)9)4-6(10)11;1-6(2-4(7)8)3-5(9)10;2*6-3(7)1-5-2-4(8)9/h2-6H2,1H3,(H,10,11)(H,12,13);2-5H2,1H3,(H,9,10)(H,11,12);8H,1-4H2,(H,9,10)(H,11,12);2-4H2,1H3,(H,8,9)(H,10,11);2-3H2,1H3,(H,7,8)(H,9,10);3,5-7H,1-2H2,(H,8,9);5H,1-2H2,(H,6,7)(H,8,9). The zero-order chi connectivity index (χ0) is 60.9. The molecule has 0 saturated heterocycles. The molecule has 0 heterocycles. The molecule has 0 aliphatic carbocycles. The van der Waals surface area contributed by atoms with E-state index in [4.69, 9.17) is 81.7 Å². The van der Waals surface area contributed by atoms with Crippen molar-refractivity contribution in [1.29, 1.82) is 0 Å². The average Bonchev–Trinajstić information content (AvgIpc) is 3.21. The van der Waals surface area contributed by atoms with Crippen LogP contribution in [0.2, 0.25) is 0 Å². The third kappa shape index (κ3) is 89.6. The summed E-state index contributed by atoms with van der Waals surface area (Å²) in [5.41, 5.74) is 0. The normalized spacial score (nSPS) is 9.96. The molecule has 0 aliphatic heterocycles. The number of hydrogen-bond donors (Lipinski definition) is 18. The first-order valence-electron chi connectivity index (χ1n) is 21.8. The number of likely N-dealkylation sites (N-methyl/N-ethyl adjacent to an activating group) is 2. The average molecular weight is 1120 g/mol. The molecule has 18 N–H and O–H groups in total. The molecule has 0 spiro atoms. The number of carboxylic acids is 13. The number of nitrogens with one attached hydrogen (secondary N) is 2. The number of unbranched alkanes of at least 4 members (excludes halogenated alkanes) is 1. The van der Waals surface area contributed by atoms with E-state index in [2.05, 4.69) is 10.6 Å². The van der Waals surface area contributed by atoms with E-state index < -0.39 is 83.9 Å². The Hall–Kier alpha value is -7.29. The summed E-state index contributed by atoms with van der Waals surface area (Å²) in [5, 5.41) is 136. The molecule has 0 unspecified atom stereocenters. The number of aliphatic hydroxyl groups excluding tert-OH is 2. The first kappa shape index (κ1) is 82.7. The van der Waals surface area contributed by atoms with Crippen molar-refractivity contribution in [3.05, 3.63) is 0 Å². The lowest BCUT2D eigenvalue weighted by Gasteiger charge is -2.16. The fourth-order valence-corrected chi connectivity index (χ4v) is 4.39. The lowest BCUT2D eigenvalue weighted by Crippen LogP contribution is -2.36. The maximum absolute atomic E-state index is 10.3.